The van der Waals surface area contributed by atoms with E-state index in [4.69, 9.17) is 0 Å². The second-order valence-electron chi connectivity index (χ2n) is 7.69. The number of hydrogen-bond acceptors (Lipinski definition) is 2. The Bertz CT molecular complexity index is 673. The van der Waals surface area contributed by atoms with Crippen molar-refractivity contribution in [2.75, 3.05) is 11.4 Å². The van der Waals surface area contributed by atoms with Crippen LogP contribution in [0.15, 0.2) is 54.6 Å². The minimum absolute atomic E-state index is 0.0374. The number of hydrogen-bond donors (Lipinski definition) is 1. The summed E-state index contributed by atoms with van der Waals surface area (Å²) in [6.45, 7) is 2.91. The highest BCUT2D eigenvalue weighted by Gasteiger charge is 2.33. The zero-order chi connectivity index (χ0) is 19.1. The van der Waals surface area contributed by atoms with Gasteiger partial charge in [0.05, 0.1) is 12.1 Å². The predicted molar refractivity (Wildman–Crippen MR) is 111 cm³/mol. The van der Waals surface area contributed by atoms with Crippen LogP contribution in [0.1, 0.15) is 62.7 Å². The maximum Gasteiger partial charge on any atom is 0.122 e. The molecule has 1 aliphatic rings. The topological polar surface area (TPSA) is 23.5 Å². The number of benzene rings is 2. The molecule has 0 spiro atoms. The van der Waals surface area contributed by atoms with Gasteiger partial charge in [0, 0.05) is 12.2 Å². The Hall–Kier alpha value is -1.87. The predicted octanol–water partition coefficient (Wildman–Crippen LogP) is 5.85. The third-order valence-corrected chi connectivity index (χ3v) is 5.71. The molecule has 0 aliphatic carbocycles. The lowest BCUT2D eigenvalue weighted by Gasteiger charge is -2.28. The summed E-state index contributed by atoms with van der Waals surface area (Å²) in [4.78, 5) is 2.22. The SMILES string of the molecule is CCCCC(O)c1ccc(N2CCC(F)C2CCCc2ccccc2)cc1. The third kappa shape index (κ3) is 5.32. The summed E-state index contributed by atoms with van der Waals surface area (Å²) in [5, 5.41) is 10.3. The third-order valence-electron chi connectivity index (χ3n) is 5.71. The van der Waals surface area contributed by atoms with Crippen molar-refractivity contribution in [1.82, 2.24) is 0 Å². The Labute approximate surface area is 163 Å². The summed E-state index contributed by atoms with van der Waals surface area (Å²) < 4.78 is 14.5. The summed E-state index contributed by atoms with van der Waals surface area (Å²) >= 11 is 0. The minimum atomic E-state index is -0.754. The van der Waals surface area contributed by atoms with Crippen molar-refractivity contribution >= 4 is 5.69 Å². The van der Waals surface area contributed by atoms with Crippen LogP contribution in [0.3, 0.4) is 0 Å². The summed E-state index contributed by atoms with van der Waals surface area (Å²) in [6.07, 6.45) is 5.25. The molecule has 1 aliphatic heterocycles. The van der Waals surface area contributed by atoms with Gasteiger partial charge in [-0.25, -0.2) is 4.39 Å². The van der Waals surface area contributed by atoms with E-state index in [2.05, 4.69) is 36.1 Å². The minimum Gasteiger partial charge on any atom is -0.388 e. The molecule has 0 saturated carbocycles. The van der Waals surface area contributed by atoms with Crippen molar-refractivity contribution in [3.8, 4) is 0 Å². The molecule has 1 fully saturated rings. The van der Waals surface area contributed by atoms with Gasteiger partial charge in [-0.1, -0.05) is 62.2 Å². The molecule has 3 rings (SSSR count). The highest BCUT2D eigenvalue weighted by Crippen LogP contribution is 2.32. The van der Waals surface area contributed by atoms with E-state index in [1.165, 1.54) is 5.56 Å². The van der Waals surface area contributed by atoms with Gasteiger partial charge in [0.15, 0.2) is 0 Å². The van der Waals surface area contributed by atoms with Crippen LogP contribution in [-0.2, 0) is 6.42 Å². The smallest absolute Gasteiger partial charge is 0.122 e. The van der Waals surface area contributed by atoms with E-state index in [9.17, 15) is 9.50 Å². The number of aryl methyl sites for hydroxylation is 1. The molecule has 2 aromatic carbocycles. The number of aliphatic hydroxyl groups excluding tert-OH is 1. The van der Waals surface area contributed by atoms with Gasteiger partial charge in [0.25, 0.3) is 0 Å². The molecular weight excluding hydrogens is 337 g/mol. The van der Waals surface area contributed by atoms with Crippen molar-refractivity contribution in [2.45, 2.75) is 70.2 Å². The fraction of sp³-hybridized carbons (Fsp3) is 0.500. The quantitative estimate of drug-likeness (QED) is 0.599. The Balaban J connectivity index is 1.59. The fourth-order valence-electron chi connectivity index (χ4n) is 4.09. The number of rotatable bonds is 9. The average Bonchev–Trinajstić information content (AvgIpc) is 3.07. The Morgan fingerprint density at radius 1 is 1.07 bits per heavy atom. The molecular formula is C24H32FNO. The van der Waals surface area contributed by atoms with Crippen LogP contribution in [0.5, 0.6) is 0 Å². The van der Waals surface area contributed by atoms with E-state index in [-0.39, 0.29) is 6.04 Å². The van der Waals surface area contributed by atoms with Crippen molar-refractivity contribution < 1.29 is 9.50 Å². The lowest BCUT2D eigenvalue weighted by atomic mass is 10.0. The van der Waals surface area contributed by atoms with Crippen LogP contribution in [0.2, 0.25) is 0 Å². The second kappa shape index (κ2) is 9.89. The van der Waals surface area contributed by atoms with E-state index in [1.54, 1.807) is 0 Å². The molecule has 2 aromatic rings. The summed E-state index contributed by atoms with van der Waals surface area (Å²) in [5.41, 5.74) is 3.36. The zero-order valence-electron chi connectivity index (χ0n) is 16.4. The maximum absolute atomic E-state index is 14.5. The number of aliphatic hydroxyl groups is 1. The zero-order valence-corrected chi connectivity index (χ0v) is 16.4. The molecule has 1 saturated heterocycles. The summed E-state index contributed by atoms with van der Waals surface area (Å²) in [6, 6.07) is 18.5. The number of unbranched alkanes of at least 4 members (excludes halogenated alkanes) is 1. The fourth-order valence-corrected chi connectivity index (χ4v) is 4.09. The van der Waals surface area contributed by atoms with E-state index in [0.29, 0.717) is 6.42 Å². The largest absolute Gasteiger partial charge is 0.388 e. The molecule has 0 bridgehead atoms. The summed E-state index contributed by atoms with van der Waals surface area (Å²) in [5.74, 6) is 0. The van der Waals surface area contributed by atoms with E-state index in [0.717, 1.165) is 56.3 Å². The molecule has 146 valence electrons. The lowest BCUT2D eigenvalue weighted by molar-refractivity contribution is 0.164. The number of alkyl halides is 1. The van der Waals surface area contributed by atoms with Gasteiger partial charge in [0.2, 0.25) is 0 Å². The second-order valence-corrected chi connectivity index (χ2v) is 7.69. The molecule has 0 amide bonds. The van der Waals surface area contributed by atoms with Crippen LogP contribution < -0.4 is 4.90 Å². The highest BCUT2D eigenvalue weighted by molar-refractivity contribution is 5.50. The molecule has 1 heterocycles. The van der Waals surface area contributed by atoms with Crippen molar-refractivity contribution in [3.63, 3.8) is 0 Å². The Kier molecular flexibility index (Phi) is 7.28. The van der Waals surface area contributed by atoms with Crippen LogP contribution in [-0.4, -0.2) is 23.9 Å². The maximum atomic E-state index is 14.5. The van der Waals surface area contributed by atoms with E-state index >= 15 is 0 Å². The Morgan fingerprint density at radius 3 is 2.52 bits per heavy atom. The van der Waals surface area contributed by atoms with Crippen molar-refractivity contribution in [2.24, 2.45) is 0 Å². The average molecular weight is 370 g/mol. The van der Waals surface area contributed by atoms with Crippen LogP contribution in [0, 0.1) is 0 Å². The molecule has 3 heteroatoms. The van der Waals surface area contributed by atoms with E-state index in [1.807, 2.05) is 30.3 Å². The molecule has 3 atom stereocenters. The standard InChI is InChI=1S/C24H32FNO/c1-2-3-12-24(27)20-13-15-21(16-14-20)26-18-17-22(25)23(26)11-7-10-19-8-5-4-6-9-19/h4-6,8-9,13-16,22-24,27H,2-3,7,10-12,17-18H2,1H3. The van der Waals surface area contributed by atoms with Gasteiger partial charge in [0.1, 0.15) is 6.17 Å². The normalized spacial score (nSPS) is 20.8. The molecule has 27 heavy (non-hydrogen) atoms. The summed E-state index contributed by atoms with van der Waals surface area (Å²) in [7, 11) is 0. The lowest BCUT2D eigenvalue weighted by Crippen LogP contribution is -2.33. The first kappa shape index (κ1) is 19.9. The number of halogens is 1. The van der Waals surface area contributed by atoms with Crippen molar-refractivity contribution in [3.05, 3.63) is 65.7 Å². The molecule has 1 N–H and O–H groups in total. The van der Waals surface area contributed by atoms with Gasteiger partial charge in [-0.15, -0.1) is 0 Å². The van der Waals surface area contributed by atoms with Gasteiger partial charge < -0.3 is 10.0 Å². The molecule has 3 unspecified atom stereocenters. The number of anilines is 1. The van der Waals surface area contributed by atoms with Gasteiger partial charge >= 0.3 is 0 Å². The van der Waals surface area contributed by atoms with E-state index < -0.39 is 12.3 Å². The first-order valence-corrected chi connectivity index (χ1v) is 10.4. The first-order valence-electron chi connectivity index (χ1n) is 10.4. The van der Waals surface area contributed by atoms with Gasteiger partial charge in [-0.2, -0.15) is 0 Å². The van der Waals surface area contributed by atoms with Crippen molar-refractivity contribution in [1.29, 1.82) is 0 Å². The first-order chi connectivity index (χ1) is 13.2. The number of nitrogens with zero attached hydrogens (tertiary/aromatic N) is 1. The monoisotopic (exact) mass is 369 g/mol. The van der Waals surface area contributed by atoms with Gasteiger partial charge in [-0.3, -0.25) is 0 Å². The van der Waals surface area contributed by atoms with Crippen LogP contribution in [0.4, 0.5) is 10.1 Å². The van der Waals surface area contributed by atoms with Crippen LogP contribution >= 0.6 is 0 Å². The Morgan fingerprint density at radius 2 is 1.81 bits per heavy atom. The van der Waals surface area contributed by atoms with Crippen LogP contribution in [0.25, 0.3) is 0 Å². The highest BCUT2D eigenvalue weighted by atomic mass is 19.1. The van der Waals surface area contributed by atoms with Gasteiger partial charge in [-0.05, 0) is 55.4 Å². The molecule has 2 nitrogen and oxygen atoms in total. The molecule has 0 radical (unpaired) electrons. The molecule has 0 aromatic heterocycles.